The van der Waals surface area contributed by atoms with Gasteiger partial charge in [-0.05, 0) is 6.42 Å². The monoisotopic (exact) mass is 408 g/mol. The average molecular weight is 408 g/mol. The molecule has 28 heavy (non-hydrogen) atoms. The van der Waals surface area contributed by atoms with Gasteiger partial charge in [0.1, 0.15) is 24.6 Å². The van der Waals surface area contributed by atoms with Gasteiger partial charge in [-0.25, -0.2) is 0 Å². The Kier molecular flexibility index (Phi) is 11.9. The molecule has 1 heterocycles. The second-order valence-electron chi connectivity index (χ2n) is 6.77. The van der Waals surface area contributed by atoms with E-state index in [2.05, 4.69) is 0 Å². The maximum atomic E-state index is 11.4. The normalized spacial score (nSPS) is 31.1. The Bertz CT molecular complexity index is 446. The predicted molar refractivity (Wildman–Crippen MR) is 95.6 cm³/mol. The Morgan fingerprint density at radius 3 is 2.29 bits per heavy atom. The fraction of sp³-hybridized carbons (Fsp3) is 0.889. The highest BCUT2D eigenvalue weighted by Gasteiger charge is 2.43. The molecule has 0 spiro atoms. The molecule has 0 amide bonds. The highest BCUT2D eigenvalue weighted by molar-refractivity contribution is 5.57. The van der Waals surface area contributed by atoms with Crippen molar-refractivity contribution in [2.75, 3.05) is 40.1 Å². The molecule has 0 radical (unpaired) electrons. The average Bonchev–Trinajstić information content (AvgIpc) is 2.71. The Hall–Kier alpha value is -0.980. The molecule has 1 aliphatic heterocycles. The summed E-state index contributed by atoms with van der Waals surface area (Å²) in [7, 11) is 1.39. The first-order chi connectivity index (χ1) is 13.5. The first-order valence-corrected chi connectivity index (χ1v) is 9.33. The lowest BCUT2D eigenvalue weighted by Crippen LogP contribution is -2.56. The van der Waals surface area contributed by atoms with Crippen molar-refractivity contribution < 1.29 is 49.0 Å². The molecule has 3 unspecified atom stereocenters. The Balaban J connectivity index is 2.60. The third-order valence-corrected chi connectivity index (χ3v) is 4.90. The van der Waals surface area contributed by atoms with E-state index in [1.807, 2.05) is 6.92 Å². The maximum Gasteiger partial charge on any atom is 0.151 e. The van der Waals surface area contributed by atoms with Crippen LogP contribution in [0.5, 0.6) is 0 Å². The number of methoxy groups -OCH3 is 1. The van der Waals surface area contributed by atoms with Gasteiger partial charge in [0.2, 0.25) is 0 Å². The summed E-state index contributed by atoms with van der Waals surface area (Å²) in [6.07, 6.45) is -4.09. The number of hydrogen-bond acceptors (Lipinski definition) is 10. The zero-order valence-electron chi connectivity index (χ0n) is 16.3. The van der Waals surface area contributed by atoms with Crippen LogP contribution >= 0.6 is 0 Å². The second-order valence-corrected chi connectivity index (χ2v) is 6.77. The van der Waals surface area contributed by atoms with Gasteiger partial charge in [-0.1, -0.05) is 6.92 Å². The summed E-state index contributed by atoms with van der Waals surface area (Å²) in [6, 6.07) is 0. The Morgan fingerprint density at radius 2 is 1.79 bits per heavy atom. The van der Waals surface area contributed by atoms with E-state index in [9.17, 15) is 30.0 Å². The van der Waals surface area contributed by atoms with Crippen molar-refractivity contribution in [3.63, 3.8) is 0 Å². The summed E-state index contributed by atoms with van der Waals surface area (Å²) in [5, 5.41) is 39.3. The minimum absolute atomic E-state index is 0.0203. The number of aldehydes is 2. The van der Waals surface area contributed by atoms with Gasteiger partial charge in [0.25, 0.3) is 0 Å². The van der Waals surface area contributed by atoms with Crippen LogP contribution in [0.4, 0.5) is 0 Å². The summed E-state index contributed by atoms with van der Waals surface area (Å²) < 4.78 is 21.3. The molecular formula is C18H32O10. The minimum Gasteiger partial charge on any atom is -0.394 e. The molecule has 1 saturated heterocycles. The first kappa shape index (κ1) is 25.1. The highest BCUT2D eigenvalue weighted by Crippen LogP contribution is 2.28. The van der Waals surface area contributed by atoms with Crippen molar-refractivity contribution >= 4 is 12.6 Å². The number of hydrogen-bond donors (Lipinski definition) is 4. The van der Waals surface area contributed by atoms with Gasteiger partial charge in [-0.3, -0.25) is 0 Å². The molecule has 0 aromatic carbocycles. The first-order valence-electron chi connectivity index (χ1n) is 9.33. The van der Waals surface area contributed by atoms with Crippen molar-refractivity contribution in [2.45, 2.75) is 50.0 Å². The summed E-state index contributed by atoms with van der Waals surface area (Å²) in [5.74, 6) is -1.26. The van der Waals surface area contributed by atoms with E-state index < -0.39 is 55.1 Å². The molecule has 0 aromatic rings. The predicted octanol–water partition coefficient (Wildman–Crippen LogP) is -2.08. The van der Waals surface area contributed by atoms with Crippen LogP contribution in [0.15, 0.2) is 0 Å². The molecule has 1 aliphatic rings. The lowest BCUT2D eigenvalue weighted by molar-refractivity contribution is -0.222. The summed E-state index contributed by atoms with van der Waals surface area (Å²) in [5.41, 5.74) is 0. The molecule has 0 saturated carbocycles. The lowest BCUT2D eigenvalue weighted by atomic mass is 9.85. The molecule has 0 aromatic heterocycles. The minimum atomic E-state index is -1.20. The van der Waals surface area contributed by atoms with E-state index in [0.717, 1.165) is 0 Å². The van der Waals surface area contributed by atoms with Crippen LogP contribution in [0.2, 0.25) is 0 Å². The Morgan fingerprint density at radius 1 is 1.07 bits per heavy atom. The Labute approximate surface area is 164 Å². The molecule has 0 bridgehead atoms. The van der Waals surface area contributed by atoms with Crippen LogP contribution in [0.3, 0.4) is 0 Å². The number of rotatable bonds is 14. The van der Waals surface area contributed by atoms with Crippen molar-refractivity contribution in [3.8, 4) is 0 Å². The van der Waals surface area contributed by atoms with E-state index in [0.29, 0.717) is 19.0 Å². The van der Waals surface area contributed by atoms with Gasteiger partial charge in [0, 0.05) is 13.0 Å². The lowest BCUT2D eigenvalue weighted by Gasteiger charge is -2.42. The van der Waals surface area contributed by atoms with Crippen LogP contribution in [0.25, 0.3) is 0 Å². The van der Waals surface area contributed by atoms with Crippen molar-refractivity contribution in [3.05, 3.63) is 0 Å². The molecule has 1 rings (SSSR count). The molecule has 8 atom stereocenters. The standard InChI is InChI=1S/C18H32O10/c1-3-13-15(7-22)28-16(18(24)17(13)23)10-26-8-11(4-19)14(6-21)27-12(5-20)9-25-2/h4-5,11-18,21-24H,3,6-10H2,1-2H3/t11-,12+,13-,14?,15?,16-,17+,18?/m1/s1. The van der Waals surface area contributed by atoms with E-state index in [-0.39, 0.29) is 26.4 Å². The summed E-state index contributed by atoms with van der Waals surface area (Å²) >= 11 is 0. The molecule has 4 N–H and O–H groups in total. The topological polar surface area (TPSA) is 152 Å². The zero-order chi connectivity index (χ0) is 21.1. The fourth-order valence-corrected chi connectivity index (χ4v) is 3.25. The van der Waals surface area contributed by atoms with Gasteiger partial charge in [0.15, 0.2) is 6.29 Å². The fourth-order valence-electron chi connectivity index (χ4n) is 3.25. The number of ether oxygens (including phenoxy) is 4. The van der Waals surface area contributed by atoms with Crippen LogP contribution in [0.1, 0.15) is 13.3 Å². The van der Waals surface area contributed by atoms with Crippen LogP contribution < -0.4 is 0 Å². The third-order valence-electron chi connectivity index (χ3n) is 4.90. The van der Waals surface area contributed by atoms with E-state index in [1.165, 1.54) is 7.11 Å². The third kappa shape index (κ3) is 6.82. The van der Waals surface area contributed by atoms with Crippen LogP contribution in [-0.4, -0.2) is 110 Å². The van der Waals surface area contributed by atoms with Gasteiger partial charge in [-0.2, -0.15) is 0 Å². The van der Waals surface area contributed by atoms with E-state index in [4.69, 9.17) is 18.9 Å². The van der Waals surface area contributed by atoms with Gasteiger partial charge >= 0.3 is 0 Å². The summed E-state index contributed by atoms with van der Waals surface area (Å²) in [6.45, 7) is 0.701. The smallest absolute Gasteiger partial charge is 0.151 e. The molecule has 164 valence electrons. The number of carbonyl (C=O) groups is 2. The van der Waals surface area contributed by atoms with Crippen molar-refractivity contribution in [1.29, 1.82) is 0 Å². The molecule has 10 heteroatoms. The van der Waals surface area contributed by atoms with Crippen molar-refractivity contribution in [1.82, 2.24) is 0 Å². The highest BCUT2D eigenvalue weighted by atomic mass is 16.6. The maximum absolute atomic E-state index is 11.4. The van der Waals surface area contributed by atoms with Gasteiger partial charge in [-0.15, -0.1) is 0 Å². The van der Waals surface area contributed by atoms with Crippen molar-refractivity contribution in [2.24, 2.45) is 11.8 Å². The SMILES string of the molecule is CC[C@@H]1C(CO)O[C@H](COC[C@@H](C=O)C(CO)O[C@@H](C=O)COC)C(O)[C@H]1O. The summed E-state index contributed by atoms with van der Waals surface area (Å²) in [4.78, 5) is 22.3. The van der Waals surface area contributed by atoms with Crippen LogP contribution in [-0.2, 0) is 28.5 Å². The zero-order valence-corrected chi connectivity index (χ0v) is 16.3. The van der Waals surface area contributed by atoms with Gasteiger partial charge in [0.05, 0.1) is 57.3 Å². The number of carbonyl (C=O) groups excluding carboxylic acids is 2. The van der Waals surface area contributed by atoms with Crippen LogP contribution in [0, 0.1) is 11.8 Å². The van der Waals surface area contributed by atoms with E-state index in [1.54, 1.807) is 0 Å². The molecule has 1 fully saturated rings. The number of aliphatic hydroxyl groups is 4. The molecule has 10 nitrogen and oxygen atoms in total. The second kappa shape index (κ2) is 13.3. The van der Waals surface area contributed by atoms with E-state index >= 15 is 0 Å². The molecule has 0 aliphatic carbocycles. The largest absolute Gasteiger partial charge is 0.394 e. The molecular weight excluding hydrogens is 376 g/mol. The quantitative estimate of drug-likeness (QED) is 0.236. The van der Waals surface area contributed by atoms with Gasteiger partial charge < -0.3 is 49.0 Å². The number of aliphatic hydroxyl groups excluding tert-OH is 4.